The Morgan fingerprint density at radius 3 is 1.83 bits per heavy atom. The molecule has 3 amide bonds. The van der Waals surface area contributed by atoms with Crippen LogP contribution in [0.4, 0.5) is 4.79 Å². The van der Waals surface area contributed by atoms with Crippen LogP contribution < -0.4 is 10.6 Å². The number of rotatable bonds is 8. The van der Waals surface area contributed by atoms with Crippen LogP contribution in [0.15, 0.2) is 0 Å². The van der Waals surface area contributed by atoms with Crippen molar-refractivity contribution >= 4 is 23.9 Å². The van der Waals surface area contributed by atoms with Gasteiger partial charge in [-0.15, -0.1) is 0 Å². The van der Waals surface area contributed by atoms with Crippen molar-refractivity contribution < 1.29 is 28.7 Å². The van der Waals surface area contributed by atoms with E-state index in [0.29, 0.717) is 6.42 Å². The van der Waals surface area contributed by atoms with Gasteiger partial charge in [0.15, 0.2) is 0 Å². The lowest BCUT2D eigenvalue weighted by Crippen LogP contribution is -2.54. The summed E-state index contributed by atoms with van der Waals surface area (Å²) in [6, 6.07) is -1.69. The lowest BCUT2D eigenvalue weighted by atomic mass is 10.0. The van der Waals surface area contributed by atoms with Gasteiger partial charge in [0.25, 0.3) is 0 Å². The largest absolute Gasteiger partial charge is 0.459 e. The Balaban J connectivity index is 5.09. The molecule has 0 fully saturated rings. The molecular formula is C21H39N3O6. The minimum atomic E-state index is -0.891. The highest BCUT2D eigenvalue weighted by Gasteiger charge is 2.32. The minimum absolute atomic E-state index is 0.117. The summed E-state index contributed by atoms with van der Waals surface area (Å²) in [5, 5.41) is 5.02. The SMILES string of the molecule is CC(C)C[C@H](C(=O)NCC(=O)OC(C)(C)C)N(C)C(=O)[C@H](C)NC(=O)OC(C)(C)C. The Morgan fingerprint density at radius 2 is 1.40 bits per heavy atom. The molecule has 0 radical (unpaired) electrons. The van der Waals surface area contributed by atoms with Gasteiger partial charge in [-0.3, -0.25) is 14.4 Å². The standard InChI is InChI=1S/C21H39N3O6/c1-13(2)11-15(17(26)22-12-16(25)29-20(4,5)6)24(10)18(27)14(3)23-19(28)30-21(7,8)9/h13-15H,11-12H2,1-10H3,(H,22,26)(H,23,28)/t14-,15+/m0/s1. The maximum absolute atomic E-state index is 12.8. The number of amides is 3. The lowest BCUT2D eigenvalue weighted by molar-refractivity contribution is -0.155. The molecule has 0 aliphatic carbocycles. The van der Waals surface area contributed by atoms with Crippen molar-refractivity contribution in [3.8, 4) is 0 Å². The molecule has 30 heavy (non-hydrogen) atoms. The van der Waals surface area contributed by atoms with E-state index < -0.39 is 47.2 Å². The van der Waals surface area contributed by atoms with Crippen molar-refractivity contribution in [2.75, 3.05) is 13.6 Å². The fraction of sp³-hybridized carbons (Fsp3) is 0.810. The first-order chi connectivity index (χ1) is 13.4. The van der Waals surface area contributed by atoms with Crippen molar-refractivity contribution in [1.29, 1.82) is 0 Å². The van der Waals surface area contributed by atoms with Crippen LogP contribution in [0, 0.1) is 5.92 Å². The molecule has 0 aromatic heterocycles. The molecule has 174 valence electrons. The molecule has 0 saturated carbocycles. The van der Waals surface area contributed by atoms with Gasteiger partial charge in [-0.05, 0) is 60.8 Å². The third kappa shape index (κ3) is 11.6. The normalized spacial score (nSPS) is 13.8. The number of alkyl carbamates (subject to hydrolysis) is 1. The van der Waals surface area contributed by atoms with Crippen LogP contribution in [0.5, 0.6) is 0 Å². The molecule has 0 rings (SSSR count). The van der Waals surface area contributed by atoms with Gasteiger partial charge in [-0.25, -0.2) is 4.79 Å². The third-order valence-electron chi connectivity index (χ3n) is 3.74. The summed E-state index contributed by atoms with van der Waals surface area (Å²) < 4.78 is 10.3. The highest BCUT2D eigenvalue weighted by atomic mass is 16.6. The molecule has 0 heterocycles. The van der Waals surface area contributed by atoms with Gasteiger partial charge in [0.1, 0.15) is 29.8 Å². The number of hydrogen-bond acceptors (Lipinski definition) is 6. The Morgan fingerprint density at radius 1 is 0.900 bits per heavy atom. The monoisotopic (exact) mass is 429 g/mol. The van der Waals surface area contributed by atoms with E-state index >= 15 is 0 Å². The molecule has 0 saturated heterocycles. The van der Waals surface area contributed by atoms with Crippen molar-refractivity contribution in [3.05, 3.63) is 0 Å². The summed E-state index contributed by atoms with van der Waals surface area (Å²) in [6.07, 6.45) is -0.326. The van der Waals surface area contributed by atoms with Gasteiger partial charge in [0.2, 0.25) is 11.8 Å². The molecule has 0 aliphatic heterocycles. The quantitative estimate of drug-likeness (QED) is 0.572. The fourth-order valence-corrected chi connectivity index (χ4v) is 2.55. The third-order valence-corrected chi connectivity index (χ3v) is 3.74. The van der Waals surface area contributed by atoms with Gasteiger partial charge in [-0.1, -0.05) is 13.8 Å². The van der Waals surface area contributed by atoms with E-state index in [2.05, 4.69) is 10.6 Å². The van der Waals surface area contributed by atoms with Gasteiger partial charge < -0.3 is 25.0 Å². The maximum atomic E-state index is 12.8. The molecule has 9 nitrogen and oxygen atoms in total. The van der Waals surface area contributed by atoms with E-state index in [1.807, 2.05) is 13.8 Å². The van der Waals surface area contributed by atoms with E-state index in [1.54, 1.807) is 41.5 Å². The van der Waals surface area contributed by atoms with Gasteiger partial charge in [-0.2, -0.15) is 0 Å². The average Bonchev–Trinajstić information content (AvgIpc) is 2.52. The molecule has 0 aromatic rings. The highest BCUT2D eigenvalue weighted by molar-refractivity contribution is 5.92. The van der Waals surface area contributed by atoms with E-state index in [4.69, 9.17) is 9.47 Å². The molecular weight excluding hydrogens is 390 g/mol. The van der Waals surface area contributed by atoms with Gasteiger partial charge >= 0.3 is 12.1 Å². The van der Waals surface area contributed by atoms with Crippen LogP contribution in [-0.2, 0) is 23.9 Å². The molecule has 2 N–H and O–H groups in total. The molecule has 0 spiro atoms. The molecule has 0 unspecified atom stereocenters. The first kappa shape index (κ1) is 27.7. The summed E-state index contributed by atoms with van der Waals surface area (Å²) in [6.45, 7) is 15.5. The number of ether oxygens (including phenoxy) is 2. The number of hydrogen-bond donors (Lipinski definition) is 2. The van der Waals surface area contributed by atoms with Crippen LogP contribution in [-0.4, -0.2) is 65.7 Å². The number of carbonyl (C=O) groups is 4. The zero-order valence-corrected chi connectivity index (χ0v) is 20.0. The second-order valence-corrected chi connectivity index (χ2v) is 9.77. The number of carbonyl (C=O) groups excluding carboxylic acids is 4. The van der Waals surface area contributed by atoms with Crippen LogP contribution >= 0.6 is 0 Å². The van der Waals surface area contributed by atoms with Crippen molar-refractivity contribution in [2.45, 2.75) is 92.0 Å². The highest BCUT2D eigenvalue weighted by Crippen LogP contribution is 2.13. The summed E-state index contributed by atoms with van der Waals surface area (Å²) in [7, 11) is 1.50. The van der Waals surface area contributed by atoms with Crippen LogP contribution in [0.3, 0.4) is 0 Å². The second-order valence-electron chi connectivity index (χ2n) is 9.77. The second kappa shape index (κ2) is 11.2. The molecule has 9 heteroatoms. The van der Waals surface area contributed by atoms with E-state index in [0.717, 1.165) is 0 Å². The molecule has 0 aromatic carbocycles. The number of nitrogens with zero attached hydrogens (tertiary/aromatic N) is 1. The first-order valence-electron chi connectivity index (χ1n) is 10.2. The van der Waals surface area contributed by atoms with Crippen LogP contribution in [0.1, 0.15) is 68.7 Å². The molecule has 2 atom stereocenters. The minimum Gasteiger partial charge on any atom is -0.459 e. The number of nitrogens with one attached hydrogen (secondary N) is 2. The maximum Gasteiger partial charge on any atom is 0.408 e. The van der Waals surface area contributed by atoms with E-state index in [1.165, 1.54) is 18.9 Å². The predicted octanol–water partition coefficient (Wildman–Crippen LogP) is 2.23. The smallest absolute Gasteiger partial charge is 0.408 e. The van der Waals surface area contributed by atoms with Gasteiger partial charge in [0, 0.05) is 7.05 Å². The van der Waals surface area contributed by atoms with Crippen molar-refractivity contribution in [2.24, 2.45) is 5.92 Å². The first-order valence-corrected chi connectivity index (χ1v) is 10.2. The van der Waals surface area contributed by atoms with E-state index in [9.17, 15) is 19.2 Å². The summed E-state index contributed by atoms with van der Waals surface area (Å²) in [5.41, 5.74) is -1.35. The average molecular weight is 430 g/mol. The molecule has 0 bridgehead atoms. The van der Waals surface area contributed by atoms with Crippen molar-refractivity contribution in [1.82, 2.24) is 15.5 Å². The predicted molar refractivity (Wildman–Crippen MR) is 114 cm³/mol. The van der Waals surface area contributed by atoms with Crippen LogP contribution in [0.2, 0.25) is 0 Å². The lowest BCUT2D eigenvalue weighted by Gasteiger charge is -2.31. The summed E-state index contributed by atoms with van der Waals surface area (Å²) >= 11 is 0. The van der Waals surface area contributed by atoms with Crippen LogP contribution in [0.25, 0.3) is 0 Å². The van der Waals surface area contributed by atoms with Gasteiger partial charge in [0.05, 0.1) is 0 Å². The number of esters is 1. The topological polar surface area (TPSA) is 114 Å². The van der Waals surface area contributed by atoms with Crippen molar-refractivity contribution in [3.63, 3.8) is 0 Å². The Labute approximate surface area is 180 Å². The Bertz CT molecular complexity index is 619. The summed E-state index contributed by atoms with van der Waals surface area (Å²) in [4.78, 5) is 50.6. The zero-order chi connectivity index (χ0) is 23.9. The Hall–Kier alpha value is -2.32. The van der Waals surface area contributed by atoms with E-state index in [-0.39, 0.29) is 12.5 Å². The Kier molecular flexibility index (Phi) is 10.3. The fourth-order valence-electron chi connectivity index (χ4n) is 2.55. The molecule has 0 aliphatic rings. The number of likely N-dealkylation sites (N-methyl/N-ethyl adjacent to an activating group) is 1. The summed E-state index contributed by atoms with van der Waals surface area (Å²) in [5.74, 6) is -1.35. The zero-order valence-electron chi connectivity index (χ0n) is 20.0.